The molecule has 142 valence electrons. The summed E-state index contributed by atoms with van der Waals surface area (Å²) in [5.74, 6) is -0.489. The van der Waals surface area contributed by atoms with E-state index in [1.165, 1.54) is 21.9 Å². The second kappa shape index (κ2) is 5.98. The molecular weight excluding hydrogens is 381 g/mol. The number of rotatable bonds is 2. The number of fused-ring (bicyclic) bond motifs is 1. The van der Waals surface area contributed by atoms with Crippen molar-refractivity contribution in [1.82, 2.24) is 0 Å². The maximum atomic E-state index is 13.1. The molecule has 2 aromatic carbocycles. The highest BCUT2D eigenvalue weighted by molar-refractivity contribution is 7.91. The first-order valence-corrected chi connectivity index (χ1v) is 10.0. The maximum absolute atomic E-state index is 13.1. The molecule has 2 amide bonds. The van der Waals surface area contributed by atoms with E-state index in [9.17, 15) is 26.4 Å². The average Bonchev–Trinajstić information content (AvgIpc) is 3.03. The molecule has 0 radical (unpaired) electrons. The third kappa shape index (κ3) is 3.05. The van der Waals surface area contributed by atoms with E-state index in [1.807, 2.05) is 0 Å². The molecule has 0 spiro atoms. The Labute approximate surface area is 153 Å². The number of hydrogen-bond acceptors (Lipinski definition) is 3. The Balaban J connectivity index is 1.80. The molecule has 0 aromatic heterocycles. The van der Waals surface area contributed by atoms with E-state index in [1.54, 1.807) is 30.3 Å². The molecule has 2 aliphatic rings. The van der Waals surface area contributed by atoms with Crippen molar-refractivity contribution in [3.63, 3.8) is 0 Å². The highest BCUT2D eigenvalue weighted by atomic mass is 32.2. The number of halogens is 3. The highest BCUT2D eigenvalue weighted by Crippen LogP contribution is 2.39. The monoisotopic (exact) mass is 396 g/mol. The third-order valence-corrected chi connectivity index (χ3v) is 6.55. The number of urea groups is 1. The Morgan fingerprint density at radius 1 is 0.852 bits per heavy atom. The molecule has 4 rings (SSSR count). The minimum atomic E-state index is -4.56. The minimum absolute atomic E-state index is 0.0420. The molecule has 27 heavy (non-hydrogen) atoms. The fraction of sp³-hybridized carbons (Fsp3) is 0.278. The number of nitrogens with zero attached hydrogens (tertiary/aromatic N) is 2. The molecule has 2 saturated heterocycles. The number of hydrogen-bond donors (Lipinski definition) is 0. The van der Waals surface area contributed by atoms with Crippen LogP contribution in [0.5, 0.6) is 0 Å². The van der Waals surface area contributed by atoms with Gasteiger partial charge in [-0.15, -0.1) is 0 Å². The summed E-state index contributed by atoms with van der Waals surface area (Å²) < 4.78 is 63.6. The van der Waals surface area contributed by atoms with Crippen LogP contribution in [0, 0.1) is 0 Å². The van der Waals surface area contributed by atoms with E-state index in [2.05, 4.69) is 0 Å². The Morgan fingerprint density at radius 2 is 1.41 bits per heavy atom. The van der Waals surface area contributed by atoms with Crippen molar-refractivity contribution in [1.29, 1.82) is 0 Å². The number of benzene rings is 2. The van der Waals surface area contributed by atoms with Crippen molar-refractivity contribution in [3.05, 3.63) is 60.2 Å². The normalized spacial score (nSPS) is 24.3. The van der Waals surface area contributed by atoms with Gasteiger partial charge in [0.15, 0.2) is 9.84 Å². The van der Waals surface area contributed by atoms with Gasteiger partial charge in [-0.1, -0.05) is 24.3 Å². The molecule has 9 heteroatoms. The number of sulfone groups is 1. The quantitative estimate of drug-likeness (QED) is 0.732. The first-order valence-electron chi connectivity index (χ1n) is 8.22. The summed E-state index contributed by atoms with van der Waals surface area (Å²) >= 11 is 0. The van der Waals surface area contributed by atoms with E-state index >= 15 is 0 Å². The van der Waals surface area contributed by atoms with Crippen LogP contribution in [0.1, 0.15) is 5.56 Å². The highest BCUT2D eigenvalue weighted by Gasteiger charge is 2.54. The predicted molar refractivity (Wildman–Crippen MR) is 94.5 cm³/mol. The summed E-state index contributed by atoms with van der Waals surface area (Å²) in [6.07, 6.45) is -4.56. The summed E-state index contributed by atoms with van der Waals surface area (Å²) in [6.45, 7) is 0. The second-order valence-corrected chi connectivity index (χ2v) is 8.77. The molecule has 2 aliphatic heterocycles. The second-order valence-electron chi connectivity index (χ2n) is 6.62. The van der Waals surface area contributed by atoms with Crippen molar-refractivity contribution in [2.24, 2.45) is 0 Å². The molecule has 0 N–H and O–H groups in total. The lowest BCUT2D eigenvalue weighted by Gasteiger charge is -2.23. The molecule has 2 atom stereocenters. The third-order valence-electron chi connectivity index (χ3n) is 4.86. The van der Waals surface area contributed by atoms with Gasteiger partial charge in [0, 0.05) is 11.4 Å². The van der Waals surface area contributed by atoms with Gasteiger partial charge in [-0.25, -0.2) is 13.2 Å². The molecule has 0 bridgehead atoms. The summed E-state index contributed by atoms with van der Waals surface area (Å²) in [5, 5.41) is 0. The van der Waals surface area contributed by atoms with Crippen LogP contribution < -0.4 is 9.80 Å². The summed E-state index contributed by atoms with van der Waals surface area (Å²) in [7, 11) is -3.41. The molecule has 2 heterocycles. The van der Waals surface area contributed by atoms with Gasteiger partial charge < -0.3 is 0 Å². The van der Waals surface area contributed by atoms with Crippen LogP contribution >= 0.6 is 0 Å². The zero-order chi connectivity index (χ0) is 19.4. The molecule has 0 saturated carbocycles. The smallest absolute Gasteiger partial charge is 0.288 e. The lowest BCUT2D eigenvalue weighted by molar-refractivity contribution is -0.137. The maximum Gasteiger partial charge on any atom is 0.416 e. The Morgan fingerprint density at radius 3 is 2.00 bits per heavy atom. The zero-order valence-electron chi connectivity index (χ0n) is 13.9. The van der Waals surface area contributed by atoms with Gasteiger partial charge in [0.2, 0.25) is 0 Å². The topological polar surface area (TPSA) is 57.7 Å². The number of carbonyl (C=O) groups is 1. The van der Waals surface area contributed by atoms with Gasteiger partial charge in [0.05, 0.1) is 29.2 Å². The van der Waals surface area contributed by atoms with Gasteiger partial charge in [0.25, 0.3) is 0 Å². The van der Waals surface area contributed by atoms with Gasteiger partial charge in [-0.2, -0.15) is 13.2 Å². The molecule has 2 fully saturated rings. The molecule has 0 unspecified atom stereocenters. The Bertz CT molecular complexity index is 992. The number of carbonyl (C=O) groups excluding carboxylic acids is 1. The van der Waals surface area contributed by atoms with Crippen molar-refractivity contribution in [3.8, 4) is 0 Å². The number of anilines is 2. The Hall–Kier alpha value is -2.55. The van der Waals surface area contributed by atoms with E-state index in [4.69, 9.17) is 0 Å². The zero-order valence-corrected chi connectivity index (χ0v) is 14.7. The SMILES string of the molecule is O=C1N(c2cccc(C(F)(F)F)c2)[C@@H]2CS(=O)(=O)C[C@@H]2N1c1ccccc1. The lowest BCUT2D eigenvalue weighted by atomic mass is 10.1. The first kappa shape index (κ1) is 17.8. The van der Waals surface area contributed by atoms with Crippen molar-refractivity contribution < 1.29 is 26.4 Å². The Kier molecular flexibility index (Phi) is 3.95. The van der Waals surface area contributed by atoms with E-state index < -0.39 is 39.7 Å². The average molecular weight is 396 g/mol. The van der Waals surface area contributed by atoms with Crippen molar-refractivity contribution >= 4 is 27.2 Å². The van der Waals surface area contributed by atoms with Crippen LogP contribution in [-0.2, 0) is 16.0 Å². The number of para-hydroxylation sites is 1. The molecule has 5 nitrogen and oxygen atoms in total. The summed E-state index contributed by atoms with van der Waals surface area (Å²) in [5.41, 5.74) is -0.326. The van der Waals surface area contributed by atoms with Gasteiger partial charge in [-0.3, -0.25) is 9.80 Å². The van der Waals surface area contributed by atoms with Crippen LogP contribution in [0.15, 0.2) is 54.6 Å². The van der Waals surface area contributed by atoms with Gasteiger partial charge in [-0.05, 0) is 30.3 Å². The fourth-order valence-corrected chi connectivity index (χ4v) is 5.65. The predicted octanol–water partition coefficient (Wildman–Crippen LogP) is 3.32. The molecule has 2 aromatic rings. The van der Waals surface area contributed by atoms with Crippen LogP contribution in [0.3, 0.4) is 0 Å². The molecular formula is C18H15F3N2O3S. The lowest BCUT2D eigenvalue weighted by Crippen LogP contribution is -2.38. The largest absolute Gasteiger partial charge is 0.416 e. The van der Waals surface area contributed by atoms with Crippen LogP contribution in [0.4, 0.5) is 29.3 Å². The first-order chi connectivity index (χ1) is 12.7. The van der Waals surface area contributed by atoms with Crippen LogP contribution in [0.2, 0.25) is 0 Å². The van der Waals surface area contributed by atoms with Crippen LogP contribution in [0.25, 0.3) is 0 Å². The van der Waals surface area contributed by atoms with E-state index in [0.29, 0.717) is 5.69 Å². The number of amides is 2. The molecule has 0 aliphatic carbocycles. The van der Waals surface area contributed by atoms with Crippen molar-refractivity contribution in [2.75, 3.05) is 21.3 Å². The van der Waals surface area contributed by atoms with Gasteiger partial charge in [0.1, 0.15) is 0 Å². The number of alkyl halides is 3. The summed E-state index contributed by atoms with van der Waals surface area (Å²) in [6, 6.07) is 11.1. The fourth-order valence-electron chi connectivity index (χ4n) is 3.73. The standard InChI is InChI=1S/C18H15F3N2O3S/c19-18(20,21)12-5-4-8-14(9-12)23-16-11-27(25,26)10-15(16)22(17(23)24)13-6-2-1-3-7-13/h1-9,15-16H,10-11H2/t15-,16+/m0/s1. The summed E-state index contributed by atoms with van der Waals surface area (Å²) in [4.78, 5) is 15.6. The van der Waals surface area contributed by atoms with Crippen molar-refractivity contribution in [2.45, 2.75) is 18.3 Å². The van der Waals surface area contributed by atoms with E-state index in [0.717, 1.165) is 12.1 Å². The van der Waals surface area contributed by atoms with Gasteiger partial charge >= 0.3 is 12.2 Å². The van der Waals surface area contributed by atoms with Crippen LogP contribution in [-0.4, -0.2) is 38.0 Å². The van der Waals surface area contributed by atoms with E-state index in [-0.39, 0.29) is 17.2 Å². The minimum Gasteiger partial charge on any atom is -0.288 e.